The highest BCUT2D eigenvalue weighted by molar-refractivity contribution is 6.05. The van der Waals surface area contributed by atoms with Gasteiger partial charge in [-0.15, -0.1) is 0 Å². The van der Waals surface area contributed by atoms with E-state index in [0.717, 1.165) is 30.4 Å². The Morgan fingerprint density at radius 2 is 2.00 bits per heavy atom. The van der Waals surface area contributed by atoms with Crippen LogP contribution in [0.25, 0.3) is 11.5 Å². The summed E-state index contributed by atoms with van der Waals surface area (Å²) in [7, 11) is 0. The molecule has 2 saturated heterocycles. The largest absolute Gasteiger partial charge is 0.445 e. The molecule has 1 N–H and O–H groups in total. The molecule has 0 amide bonds. The van der Waals surface area contributed by atoms with E-state index in [1.54, 1.807) is 0 Å². The van der Waals surface area contributed by atoms with Gasteiger partial charge in [0.15, 0.2) is 5.78 Å². The predicted octanol–water partition coefficient (Wildman–Crippen LogP) is 2.79. The summed E-state index contributed by atoms with van der Waals surface area (Å²) in [6.07, 6.45) is 2.90. The molecule has 0 saturated carbocycles. The van der Waals surface area contributed by atoms with Gasteiger partial charge >= 0.3 is 0 Å². The van der Waals surface area contributed by atoms with Crippen LogP contribution in [-0.2, 0) is 0 Å². The molecule has 8 heteroatoms. The number of benzene rings is 1. The Hall–Kier alpha value is -3.13. The van der Waals surface area contributed by atoms with Gasteiger partial charge in [0.05, 0.1) is 17.8 Å². The molecule has 7 nitrogen and oxygen atoms in total. The maximum absolute atomic E-state index is 13.9. The number of fused-ring (bicyclic) bond motifs is 1. The van der Waals surface area contributed by atoms with Crippen molar-refractivity contribution in [3.63, 3.8) is 0 Å². The van der Waals surface area contributed by atoms with Gasteiger partial charge in [0.1, 0.15) is 12.1 Å². The number of ketones is 1. The van der Waals surface area contributed by atoms with Gasteiger partial charge < -0.3 is 14.6 Å². The number of oxazole rings is 1. The summed E-state index contributed by atoms with van der Waals surface area (Å²) in [5.41, 5.74) is 2.66. The Bertz CT molecular complexity index is 1080. The van der Waals surface area contributed by atoms with Crippen molar-refractivity contribution in [3.8, 4) is 11.5 Å². The number of anilines is 1. The zero-order chi connectivity index (χ0) is 20.8. The van der Waals surface area contributed by atoms with Gasteiger partial charge in [-0.1, -0.05) is 0 Å². The monoisotopic (exact) mass is 407 g/mol. The Morgan fingerprint density at radius 1 is 1.20 bits per heavy atom. The first-order valence-corrected chi connectivity index (χ1v) is 10.0. The van der Waals surface area contributed by atoms with Crippen molar-refractivity contribution in [1.82, 2.24) is 20.3 Å². The van der Waals surface area contributed by atoms with Crippen molar-refractivity contribution in [1.29, 1.82) is 0 Å². The summed E-state index contributed by atoms with van der Waals surface area (Å²) in [5.74, 6) is 0.910. The van der Waals surface area contributed by atoms with Crippen LogP contribution in [0.3, 0.4) is 0 Å². The van der Waals surface area contributed by atoms with E-state index in [1.165, 1.54) is 30.7 Å². The van der Waals surface area contributed by atoms with Gasteiger partial charge in [0.2, 0.25) is 11.8 Å². The molecule has 3 aromatic rings. The molecular weight excluding hydrogens is 385 g/mol. The van der Waals surface area contributed by atoms with E-state index in [9.17, 15) is 9.18 Å². The number of Topliss-reactive ketones (excluding diaryl/α,β-unsaturated/α-hetero) is 1. The molecule has 0 radical (unpaired) electrons. The standard InChI is InChI=1S/C22H22FN5O2/c1-12-7-13(2)27-22(26-12)28-10-14-9-25-19(18(14)11-28)20(29)16-4-3-15(23)8-17(16)21-24-5-6-30-21/h3-8,14,18-19,25H,9-11H2,1-2H3. The molecule has 2 aliphatic rings. The van der Waals surface area contributed by atoms with Gasteiger partial charge in [-0.2, -0.15) is 0 Å². The number of rotatable bonds is 4. The summed E-state index contributed by atoms with van der Waals surface area (Å²) in [5, 5.41) is 3.38. The number of nitrogens with one attached hydrogen (secondary N) is 1. The minimum Gasteiger partial charge on any atom is -0.445 e. The van der Waals surface area contributed by atoms with Crippen molar-refractivity contribution in [3.05, 3.63) is 59.5 Å². The van der Waals surface area contributed by atoms with Crippen molar-refractivity contribution in [2.75, 3.05) is 24.5 Å². The molecule has 0 aliphatic carbocycles. The maximum Gasteiger partial charge on any atom is 0.226 e. The van der Waals surface area contributed by atoms with Crippen LogP contribution >= 0.6 is 0 Å². The van der Waals surface area contributed by atoms with Crippen LogP contribution in [0.15, 0.2) is 41.1 Å². The highest BCUT2D eigenvalue weighted by atomic mass is 19.1. The topological polar surface area (TPSA) is 84.2 Å². The van der Waals surface area contributed by atoms with E-state index < -0.39 is 5.82 Å². The third-order valence-corrected chi connectivity index (χ3v) is 5.97. The maximum atomic E-state index is 13.9. The van der Waals surface area contributed by atoms with E-state index in [2.05, 4.69) is 25.2 Å². The van der Waals surface area contributed by atoms with Crippen LogP contribution in [0.2, 0.25) is 0 Å². The highest BCUT2D eigenvalue weighted by Gasteiger charge is 2.46. The summed E-state index contributed by atoms with van der Waals surface area (Å²) >= 11 is 0. The first-order chi connectivity index (χ1) is 14.5. The van der Waals surface area contributed by atoms with Crippen LogP contribution in [0.1, 0.15) is 21.7 Å². The lowest BCUT2D eigenvalue weighted by atomic mass is 9.88. The number of aromatic nitrogens is 3. The van der Waals surface area contributed by atoms with Gasteiger partial charge in [-0.3, -0.25) is 4.79 Å². The third-order valence-electron chi connectivity index (χ3n) is 5.97. The molecule has 4 heterocycles. The molecule has 2 aromatic heterocycles. The predicted molar refractivity (Wildman–Crippen MR) is 109 cm³/mol. The lowest BCUT2D eigenvalue weighted by molar-refractivity contribution is 0.0931. The first kappa shape index (κ1) is 18.9. The van der Waals surface area contributed by atoms with Crippen molar-refractivity contribution >= 4 is 11.7 Å². The molecule has 1 aromatic carbocycles. The number of aryl methyl sites for hydroxylation is 2. The smallest absolute Gasteiger partial charge is 0.226 e. The van der Waals surface area contributed by atoms with Crippen LogP contribution in [0.5, 0.6) is 0 Å². The Labute approximate surface area is 173 Å². The summed E-state index contributed by atoms with van der Waals surface area (Å²) in [4.78, 5) is 28.9. The van der Waals surface area contributed by atoms with Gasteiger partial charge in [0, 0.05) is 42.5 Å². The highest BCUT2D eigenvalue weighted by Crippen LogP contribution is 2.35. The fraction of sp³-hybridized carbons (Fsp3) is 0.364. The minimum absolute atomic E-state index is 0.0705. The number of halogens is 1. The molecule has 2 aliphatic heterocycles. The molecule has 3 atom stereocenters. The zero-order valence-corrected chi connectivity index (χ0v) is 16.8. The van der Waals surface area contributed by atoms with Crippen LogP contribution in [0.4, 0.5) is 10.3 Å². The molecule has 5 rings (SSSR count). The molecule has 0 bridgehead atoms. The number of carbonyl (C=O) groups is 1. The van der Waals surface area contributed by atoms with Crippen LogP contribution in [-0.4, -0.2) is 46.4 Å². The van der Waals surface area contributed by atoms with Gasteiger partial charge in [-0.25, -0.2) is 19.3 Å². The minimum atomic E-state index is -0.434. The average Bonchev–Trinajstić information content (AvgIpc) is 3.43. The number of carbonyl (C=O) groups excluding carboxylic acids is 1. The van der Waals surface area contributed by atoms with E-state index in [1.807, 2.05) is 19.9 Å². The van der Waals surface area contributed by atoms with Crippen molar-refractivity contribution in [2.45, 2.75) is 19.9 Å². The van der Waals surface area contributed by atoms with Gasteiger partial charge in [-0.05, 0) is 44.0 Å². The van der Waals surface area contributed by atoms with E-state index >= 15 is 0 Å². The zero-order valence-electron chi connectivity index (χ0n) is 16.8. The van der Waals surface area contributed by atoms with Crippen molar-refractivity contribution in [2.24, 2.45) is 11.8 Å². The lowest BCUT2D eigenvalue weighted by Crippen LogP contribution is -2.39. The quantitative estimate of drug-likeness (QED) is 0.666. The lowest BCUT2D eigenvalue weighted by Gasteiger charge is -2.21. The Balaban J connectivity index is 1.42. The van der Waals surface area contributed by atoms with Gasteiger partial charge in [0.25, 0.3) is 0 Å². The molecular formula is C22H22FN5O2. The van der Waals surface area contributed by atoms with Crippen LogP contribution < -0.4 is 10.2 Å². The summed E-state index contributed by atoms with van der Waals surface area (Å²) < 4.78 is 19.2. The molecule has 3 unspecified atom stereocenters. The average molecular weight is 407 g/mol. The van der Waals surface area contributed by atoms with E-state index in [4.69, 9.17) is 4.42 Å². The summed E-state index contributed by atoms with van der Waals surface area (Å²) in [6, 6.07) is 5.72. The third kappa shape index (κ3) is 3.27. The second kappa shape index (κ2) is 7.28. The van der Waals surface area contributed by atoms with Crippen molar-refractivity contribution < 1.29 is 13.6 Å². The normalized spacial score (nSPS) is 23.0. The second-order valence-corrected chi connectivity index (χ2v) is 8.06. The number of hydrogen-bond donors (Lipinski definition) is 1. The van der Waals surface area contributed by atoms with Crippen LogP contribution in [0, 0.1) is 31.5 Å². The number of nitrogens with zero attached hydrogens (tertiary/aromatic N) is 4. The summed E-state index contributed by atoms with van der Waals surface area (Å²) in [6.45, 7) is 6.17. The first-order valence-electron chi connectivity index (χ1n) is 10.0. The van der Waals surface area contributed by atoms with E-state index in [0.29, 0.717) is 23.6 Å². The molecule has 154 valence electrons. The SMILES string of the molecule is Cc1cc(C)nc(N2CC3CNC(C(=O)c4ccc(F)cc4-c4ncco4)C3C2)n1. The fourth-order valence-electron chi connectivity index (χ4n) is 4.65. The second-order valence-electron chi connectivity index (χ2n) is 8.06. The Morgan fingerprint density at radius 3 is 2.73 bits per heavy atom. The van der Waals surface area contributed by atoms with E-state index in [-0.39, 0.29) is 23.6 Å². The molecule has 30 heavy (non-hydrogen) atoms. The Kier molecular flexibility index (Phi) is 4.58. The fourth-order valence-corrected chi connectivity index (χ4v) is 4.65. The molecule has 0 spiro atoms. The molecule has 2 fully saturated rings. The number of hydrogen-bond acceptors (Lipinski definition) is 7.